The molecule has 3 N–H and O–H groups in total. The van der Waals surface area contributed by atoms with Gasteiger partial charge < -0.3 is 16.0 Å². The zero-order valence-electron chi connectivity index (χ0n) is 12.3. The van der Waals surface area contributed by atoms with Crippen LogP contribution in [0.5, 0.6) is 0 Å². The van der Waals surface area contributed by atoms with Crippen molar-refractivity contribution in [2.45, 2.75) is 20.8 Å². The summed E-state index contributed by atoms with van der Waals surface area (Å²) in [4.78, 5) is 15.8. The lowest BCUT2D eigenvalue weighted by Crippen LogP contribution is -2.42. The van der Waals surface area contributed by atoms with Crippen molar-refractivity contribution < 1.29 is 4.79 Å². The number of rotatable bonds is 8. The molecule has 0 aliphatic carbocycles. The molecule has 114 valence electrons. The lowest BCUT2D eigenvalue weighted by atomic mass is 10.2. The Hall–Kier alpha value is -0.180. The van der Waals surface area contributed by atoms with Crippen LogP contribution in [0.3, 0.4) is 0 Å². The fourth-order valence-corrected chi connectivity index (χ4v) is 1.44. The van der Waals surface area contributed by atoms with E-state index in [1.54, 1.807) is 11.8 Å². The average molecular weight is 402 g/mol. The first-order chi connectivity index (χ1) is 8.61. The fourth-order valence-electron chi connectivity index (χ4n) is 1.16. The second kappa shape index (κ2) is 14.2. The quantitative estimate of drug-likeness (QED) is 0.248. The van der Waals surface area contributed by atoms with Crippen molar-refractivity contribution in [2.24, 2.45) is 10.9 Å². The predicted molar refractivity (Wildman–Crippen MR) is 95.6 cm³/mol. The van der Waals surface area contributed by atoms with E-state index in [1.807, 2.05) is 20.8 Å². The van der Waals surface area contributed by atoms with Crippen molar-refractivity contribution in [3.8, 4) is 0 Å². The van der Waals surface area contributed by atoms with Crippen LogP contribution in [0.15, 0.2) is 4.99 Å². The van der Waals surface area contributed by atoms with E-state index in [-0.39, 0.29) is 35.8 Å². The Bertz CT molecular complexity index is 262. The minimum Gasteiger partial charge on any atom is -0.357 e. The van der Waals surface area contributed by atoms with Crippen molar-refractivity contribution in [1.82, 2.24) is 16.0 Å². The van der Waals surface area contributed by atoms with Gasteiger partial charge in [0.25, 0.3) is 0 Å². The van der Waals surface area contributed by atoms with Gasteiger partial charge in [-0.3, -0.25) is 9.79 Å². The van der Waals surface area contributed by atoms with Gasteiger partial charge in [-0.15, -0.1) is 24.0 Å². The summed E-state index contributed by atoms with van der Waals surface area (Å²) in [7, 11) is 0. The van der Waals surface area contributed by atoms with E-state index < -0.39 is 0 Å². The van der Waals surface area contributed by atoms with Gasteiger partial charge in [0.2, 0.25) is 5.91 Å². The maximum atomic E-state index is 11.3. The summed E-state index contributed by atoms with van der Waals surface area (Å²) in [6, 6.07) is 0. The molecule has 0 heterocycles. The van der Waals surface area contributed by atoms with Gasteiger partial charge in [0.1, 0.15) is 0 Å². The third kappa shape index (κ3) is 12.6. The topological polar surface area (TPSA) is 65.5 Å². The van der Waals surface area contributed by atoms with Crippen molar-refractivity contribution in [3.05, 3.63) is 0 Å². The van der Waals surface area contributed by atoms with E-state index in [4.69, 9.17) is 0 Å². The monoisotopic (exact) mass is 402 g/mol. The zero-order valence-corrected chi connectivity index (χ0v) is 15.4. The second-order valence-electron chi connectivity index (χ2n) is 4.13. The number of thioether (sulfide) groups is 1. The molecule has 7 heteroatoms. The number of halogens is 1. The number of hydrogen-bond acceptors (Lipinski definition) is 3. The van der Waals surface area contributed by atoms with Crippen LogP contribution in [0, 0.1) is 5.92 Å². The minimum absolute atomic E-state index is 0. The first-order valence-corrected chi connectivity index (χ1v) is 7.80. The van der Waals surface area contributed by atoms with E-state index in [2.05, 4.69) is 27.2 Å². The molecule has 0 aromatic heterocycles. The summed E-state index contributed by atoms with van der Waals surface area (Å²) in [6.45, 7) is 8.74. The summed E-state index contributed by atoms with van der Waals surface area (Å²) >= 11 is 1.78. The normalized spacial score (nSPS) is 10.9. The minimum atomic E-state index is 0. The molecule has 0 aliphatic heterocycles. The molecule has 0 aromatic carbocycles. The van der Waals surface area contributed by atoms with Gasteiger partial charge in [0, 0.05) is 31.3 Å². The van der Waals surface area contributed by atoms with E-state index in [0.29, 0.717) is 13.1 Å². The number of amides is 1. The summed E-state index contributed by atoms with van der Waals surface area (Å²) in [5.41, 5.74) is 0. The van der Waals surface area contributed by atoms with Crippen LogP contribution in [0.25, 0.3) is 0 Å². The van der Waals surface area contributed by atoms with Gasteiger partial charge in [-0.2, -0.15) is 11.8 Å². The SMILES string of the molecule is CCNC(=NCCSC)NCCNC(=O)C(C)C.I. The Morgan fingerprint density at radius 1 is 1.21 bits per heavy atom. The highest BCUT2D eigenvalue weighted by molar-refractivity contribution is 14.0. The Balaban J connectivity index is 0. The van der Waals surface area contributed by atoms with Crippen LogP contribution in [-0.4, -0.2) is 50.1 Å². The highest BCUT2D eigenvalue weighted by Gasteiger charge is 2.04. The first kappa shape index (κ1) is 21.1. The fraction of sp³-hybridized carbons (Fsp3) is 0.833. The van der Waals surface area contributed by atoms with Crippen molar-refractivity contribution in [1.29, 1.82) is 0 Å². The van der Waals surface area contributed by atoms with Crippen molar-refractivity contribution >= 4 is 47.6 Å². The molecule has 0 fully saturated rings. The molecule has 5 nitrogen and oxygen atoms in total. The largest absolute Gasteiger partial charge is 0.357 e. The summed E-state index contributed by atoms with van der Waals surface area (Å²) in [5, 5.41) is 9.22. The van der Waals surface area contributed by atoms with Gasteiger partial charge in [0.15, 0.2) is 5.96 Å². The zero-order chi connectivity index (χ0) is 13.8. The highest BCUT2D eigenvalue weighted by Crippen LogP contribution is 1.90. The highest BCUT2D eigenvalue weighted by atomic mass is 127. The molecule has 19 heavy (non-hydrogen) atoms. The Morgan fingerprint density at radius 2 is 1.84 bits per heavy atom. The number of aliphatic imine (C=N–C) groups is 1. The second-order valence-corrected chi connectivity index (χ2v) is 5.11. The first-order valence-electron chi connectivity index (χ1n) is 6.40. The number of carbonyl (C=O) groups excluding carboxylic acids is 1. The van der Waals surface area contributed by atoms with Crippen LogP contribution in [0.4, 0.5) is 0 Å². The lowest BCUT2D eigenvalue weighted by molar-refractivity contribution is -0.123. The molecule has 0 aliphatic rings. The van der Waals surface area contributed by atoms with Gasteiger partial charge in [-0.25, -0.2) is 0 Å². The Labute approximate surface area is 138 Å². The van der Waals surface area contributed by atoms with Gasteiger partial charge >= 0.3 is 0 Å². The van der Waals surface area contributed by atoms with Crippen LogP contribution >= 0.6 is 35.7 Å². The standard InChI is InChI=1S/C12H26N4OS.HI/c1-5-13-12(16-8-9-18-4)15-7-6-14-11(17)10(2)3;/h10H,5-9H2,1-4H3,(H,14,17)(H2,13,15,16);1H. The molecule has 0 unspecified atom stereocenters. The maximum absolute atomic E-state index is 11.3. The predicted octanol–water partition coefficient (Wildman–Crippen LogP) is 1.29. The molecule has 0 aromatic rings. The molecule has 1 amide bonds. The average Bonchev–Trinajstić information content (AvgIpc) is 2.34. The molecular formula is C12H27IN4OS. The number of nitrogens with one attached hydrogen (secondary N) is 3. The van der Waals surface area contributed by atoms with E-state index in [0.717, 1.165) is 24.8 Å². The van der Waals surface area contributed by atoms with Gasteiger partial charge in [-0.05, 0) is 13.2 Å². The van der Waals surface area contributed by atoms with Crippen molar-refractivity contribution in [2.75, 3.05) is 38.2 Å². The van der Waals surface area contributed by atoms with Gasteiger partial charge in [0.05, 0.1) is 6.54 Å². The third-order valence-electron chi connectivity index (χ3n) is 2.15. The van der Waals surface area contributed by atoms with Crippen LogP contribution in [-0.2, 0) is 4.79 Å². The molecule has 0 saturated carbocycles. The lowest BCUT2D eigenvalue weighted by Gasteiger charge is -2.12. The van der Waals surface area contributed by atoms with Crippen LogP contribution in [0.2, 0.25) is 0 Å². The molecule has 0 radical (unpaired) electrons. The number of hydrogen-bond donors (Lipinski definition) is 3. The molecule has 0 rings (SSSR count). The third-order valence-corrected chi connectivity index (χ3v) is 2.74. The van der Waals surface area contributed by atoms with Gasteiger partial charge in [-0.1, -0.05) is 13.8 Å². The number of carbonyl (C=O) groups is 1. The summed E-state index contributed by atoms with van der Waals surface area (Å²) < 4.78 is 0. The molecule has 0 bridgehead atoms. The number of guanidine groups is 1. The molecule has 0 spiro atoms. The Morgan fingerprint density at radius 3 is 2.37 bits per heavy atom. The van der Waals surface area contributed by atoms with Crippen molar-refractivity contribution in [3.63, 3.8) is 0 Å². The number of nitrogens with zero attached hydrogens (tertiary/aromatic N) is 1. The Kier molecular flexibility index (Phi) is 15.8. The maximum Gasteiger partial charge on any atom is 0.222 e. The molecule has 0 saturated heterocycles. The smallest absolute Gasteiger partial charge is 0.222 e. The van der Waals surface area contributed by atoms with E-state index in [1.165, 1.54) is 0 Å². The van der Waals surface area contributed by atoms with Crippen LogP contribution in [0.1, 0.15) is 20.8 Å². The summed E-state index contributed by atoms with van der Waals surface area (Å²) in [6.07, 6.45) is 2.07. The van der Waals surface area contributed by atoms with E-state index in [9.17, 15) is 4.79 Å². The molecule has 0 atom stereocenters. The summed E-state index contributed by atoms with van der Waals surface area (Å²) in [5.74, 6) is 1.95. The van der Waals surface area contributed by atoms with E-state index >= 15 is 0 Å². The molecular weight excluding hydrogens is 375 g/mol. The van der Waals surface area contributed by atoms with Crippen LogP contribution < -0.4 is 16.0 Å².